The first-order valence-electron chi connectivity index (χ1n) is 9.88. The number of piperidine rings is 1. The highest BCUT2D eigenvalue weighted by Gasteiger charge is 2.38. The molecule has 2 aromatic carbocycles. The Kier molecular flexibility index (Phi) is 5.54. The van der Waals surface area contributed by atoms with Crippen LogP contribution in [0.5, 0.6) is 5.75 Å². The summed E-state index contributed by atoms with van der Waals surface area (Å²) in [5.41, 5.74) is 4.65. The van der Waals surface area contributed by atoms with E-state index in [9.17, 15) is 0 Å². The molecule has 2 aromatic rings. The lowest BCUT2D eigenvalue weighted by atomic mass is 9.88. The summed E-state index contributed by atoms with van der Waals surface area (Å²) in [5.74, 6) is 1.47. The Morgan fingerprint density at radius 2 is 2.04 bits per heavy atom. The van der Waals surface area contributed by atoms with Crippen LogP contribution in [0.25, 0.3) is 11.1 Å². The molecule has 144 valence electrons. The molecular formula is C22H26Cl2N2O. The Bertz CT molecular complexity index is 839. The molecule has 1 fully saturated rings. The number of halogens is 2. The van der Waals surface area contributed by atoms with E-state index in [4.69, 9.17) is 27.9 Å². The smallest absolute Gasteiger partial charge is 0.146 e. The van der Waals surface area contributed by atoms with E-state index in [2.05, 4.69) is 36.2 Å². The number of ether oxygens (including phenoxy) is 1. The first-order valence-corrected chi connectivity index (χ1v) is 10.6. The van der Waals surface area contributed by atoms with E-state index < -0.39 is 0 Å². The van der Waals surface area contributed by atoms with Crippen LogP contribution in [0.4, 0.5) is 5.69 Å². The monoisotopic (exact) mass is 404 g/mol. The molecule has 2 aliphatic rings. The van der Waals surface area contributed by atoms with Crippen molar-refractivity contribution in [1.82, 2.24) is 5.32 Å². The van der Waals surface area contributed by atoms with Crippen LogP contribution in [0.15, 0.2) is 30.3 Å². The predicted octanol–water partition coefficient (Wildman–Crippen LogP) is 5.73. The van der Waals surface area contributed by atoms with E-state index in [-0.39, 0.29) is 6.10 Å². The third-order valence-corrected chi connectivity index (χ3v) is 6.19. The van der Waals surface area contributed by atoms with Gasteiger partial charge in [-0.2, -0.15) is 0 Å². The van der Waals surface area contributed by atoms with E-state index >= 15 is 0 Å². The molecular weight excluding hydrogens is 379 g/mol. The largest absolute Gasteiger partial charge is 0.487 e. The van der Waals surface area contributed by atoms with Crippen molar-refractivity contribution in [1.29, 1.82) is 0 Å². The number of rotatable bonds is 5. The standard InChI is InChI=1S/C22H26Cl2N2O/c1-3-9-26(4-2)20-11-14(16-6-5-15(23)12-19(16)24)10-17-18-13-25-8-7-21(18)27-22(17)20/h5-6,10-12,18,21,25H,3-4,7-9,13H2,1-2H3/t18-,21-/m0/s1. The quantitative estimate of drug-likeness (QED) is 0.687. The Hall–Kier alpha value is -1.42. The van der Waals surface area contributed by atoms with Crippen molar-refractivity contribution in [2.75, 3.05) is 31.1 Å². The van der Waals surface area contributed by atoms with Crippen LogP contribution in [-0.4, -0.2) is 32.3 Å². The van der Waals surface area contributed by atoms with E-state index in [0.29, 0.717) is 16.0 Å². The van der Waals surface area contributed by atoms with Gasteiger partial charge in [-0.15, -0.1) is 0 Å². The molecule has 0 aliphatic carbocycles. The lowest BCUT2D eigenvalue weighted by Crippen LogP contribution is -2.37. The summed E-state index contributed by atoms with van der Waals surface area (Å²) < 4.78 is 6.48. The molecule has 2 aliphatic heterocycles. The number of nitrogens with one attached hydrogen (secondary N) is 1. The normalized spacial score (nSPS) is 20.7. The highest BCUT2D eigenvalue weighted by Crippen LogP contribution is 2.49. The highest BCUT2D eigenvalue weighted by molar-refractivity contribution is 6.36. The van der Waals surface area contributed by atoms with E-state index in [1.54, 1.807) is 0 Å². The van der Waals surface area contributed by atoms with Crippen LogP contribution in [0, 0.1) is 0 Å². The van der Waals surface area contributed by atoms with Gasteiger partial charge in [0.1, 0.15) is 11.9 Å². The molecule has 0 aromatic heterocycles. The number of benzene rings is 2. The molecule has 0 radical (unpaired) electrons. The third kappa shape index (κ3) is 3.53. The second-order valence-corrected chi connectivity index (χ2v) is 8.22. The molecule has 0 unspecified atom stereocenters. The van der Waals surface area contributed by atoms with E-state index in [1.165, 1.54) is 11.3 Å². The van der Waals surface area contributed by atoms with Gasteiger partial charge in [-0.05, 0) is 56.1 Å². The fourth-order valence-electron chi connectivity index (χ4n) is 4.31. The molecule has 4 rings (SSSR count). The molecule has 5 heteroatoms. The minimum atomic E-state index is 0.274. The maximum Gasteiger partial charge on any atom is 0.146 e. The maximum atomic E-state index is 6.54. The minimum Gasteiger partial charge on any atom is -0.487 e. The SMILES string of the molecule is CCCN(CC)c1cc(-c2ccc(Cl)cc2Cl)cc2c1O[C@H]1CCNC[C@@H]21. The van der Waals surface area contributed by atoms with Gasteiger partial charge in [0.05, 0.1) is 5.69 Å². The summed E-state index contributed by atoms with van der Waals surface area (Å²) in [6, 6.07) is 10.2. The lowest BCUT2D eigenvalue weighted by Gasteiger charge is -2.26. The number of nitrogens with zero attached hydrogens (tertiary/aromatic N) is 1. The summed E-state index contributed by atoms with van der Waals surface area (Å²) in [5, 5.41) is 4.87. The molecule has 0 bridgehead atoms. The highest BCUT2D eigenvalue weighted by atomic mass is 35.5. The van der Waals surface area contributed by atoms with Crippen LogP contribution in [-0.2, 0) is 0 Å². The average Bonchev–Trinajstić information content (AvgIpc) is 3.04. The summed E-state index contributed by atoms with van der Waals surface area (Å²) in [7, 11) is 0. The lowest BCUT2D eigenvalue weighted by molar-refractivity contribution is 0.172. The van der Waals surface area contributed by atoms with Crippen molar-refractivity contribution in [3.8, 4) is 16.9 Å². The average molecular weight is 405 g/mol. The van der Waals surface area contributed by atoms with Crippen molar-refractivity contribution < 1.29 is 4.74 Å². The van der Waals surface area contributed by atoms with Gasteiger partial charge in [0, 0.05) is 46.7 Å². The van der Waals surface area contributed by atoms with Crippen molar-refractivity contribution in [2.24, 2.45) is 0 Å². The first kappa shape index (κ1) is 18.9. The third-order valence-electron chi connectivity index (χ3n) is 5.64. The zero-order valence-corrected chi connectivity index (χ0v) is 17.4. The van der Waals surface area contributed by atoms with Crippen LogP contribution in [0.1, 0.15) is 38.2 Å². The van der Waals surface area contributed by atoms with Crippen LogP contribution < -0.4 is 15.0 Å². The Morgan fingerprint density at radius 3 is 2.78 bits per heavy atom. The van der Waals surface area contributed by atoms with Gasteiger partial charge in [0.15, 0.2) is 0 Å². The summed E-state index contributed by atoms with van der Waals surface area (Å²) in [4.78, 5) is 2.41. The molecule has 1 N–H and O–H groups in total. The second-order valence-electron chi connectivity index (χ2n) is 7.37. The minimum absolute atomic E-state index is 0.274. The first-order chi connectivity index (χ1) is 13.1. The van der Waals surface area contributed by atoms with Gasteiger partial charge in [-0.3, -0.25) is 0 Å². The number of hydrogen-bond donors (Lipinski definition) is 1. The summed E-state index contributed by atoms with van der Waals surface area (Å²) in [6.07, 6.45) is 2.43. The zero-order chi connectivity index (χ0) is 19.0. The summed E-state index contributed by atoms with van der Waals surface area (Å²) in [6.45, 7) is 8.37. The van der Waals surface area contributed by atoms with Crippen molar-refractivity contribution in [2.45, 2.75) is 38.7 Å². The summed E-state index contributed by atoms with van der Waals surface area (Å²) >= 11 is 12.7. The second kappa shape index (κ2) is 7.90. The Balaban J connectivity index is 1.86. The number of anilines is 1. The zero-order valence-electron chi connectivity index (χ0n) is 15.9. The van der Waals surface area contributed by atoms with Gasteiger partial charge in [-0.1, -0.05) is 36.2 Å². The van der Waals surface area contributed by atoms with E-state index in [0.717, 1.165) is 55.9 Å². The molecule has 3 nitrogen and oxygen atoms in total. The molecule has 27 heavy (non-hydrogen) atoms. The predicted molar refractivity (Wildman–Crippen MR) is 115 cm³/mol. The van der Waals surface area contributed by atoms with Crippen molar-refractivity contribution in [3.05, 3.63) is 45.9 Å². The van der Waals surface area contributed by atoms with Crippen LogP contribution in [0.2, 0.25) is 10.0 Å². The Labute approximate surface area is 171 Å². The van der Waals surface area contributed by atoms with Gasteiger partial charge in [-0.25, -0.2) is 0 Å². The van der Waals surface area contributed by atoms with Gasteiger partial charge >= 0.3 is 0 Å². The maximum absolute atomic E-state index is 6.54. The Morgan fingerprint density at radius 1 is 1.19 bits per heavy atom. The van der Waals surface area contributed by atoms with Crippen molar-refractivity contribution >= 4 is 28.9 Å². The molecule has 2 atom stereocenters. The van der Waals surface area contributed by atoms with Crippen LogP contribution >= 0.6 is 23.2 Å². The molecule has 1 saturated heterocycles. The van der Waals surface area contributed by atoms with E-state index in [1.807, 2.05) is 18.2 Å². The van der Waals surface area contributed by atoms with Gasteiger partial charge in [0.2, 0.25) is 0 Å². The molecule has 0 spiro atoms. The van der Waals surface area contributed by atoms with Gasteiger partial charge < -0.3 is 15.0 Å². The van der Waals surface area contributed by atoms with Crippen molar-refractivity contribution in [3.63, 3.8) is 0 Å². The molecule has 0 amide bonds. The fraction of sp³-hybridized carbons (Fsp3) is 0.455. The number of hydrogen-bond acceptors (Lipinski definition) is 3. The molecule has 2 heterocycles. The fourth-order valence-corrected chi connectivity index (χ4v) is 4.83. The van der Waals surface area contributed by atoms with Crippen LogP contribution in [0.3, 0.4) is 0 Å². The topological polar surface area (TPSA) is 24.5 Å². The molecule has 0 saturated carbocycles. The van der Waals surface area contributed by atoms with Gasteiger partial charge in [0.25, 0.3) is 0 Å². The number of fused-ring (bicyclic) bond motifs is 3.